The molecule has 0 saturated carbocycles. The first-order valence-electron chi connectivity index (χ1n) is 5.33. The summed E-state index contributed by atoms with van der Waals surface area (Å²) in [5.74, 6) is 0.644. The van der Waals surface area contributed by atoms with Crippen LogP contribution in [-0.2, 0) is 4.57 Å². The third-order valence-electron chi connectivity index (χ3n) is 2.27. The van der Waals surface area contributed by atoms with Crippen molar-refractivity contribution in [2.45, 2.75) is 40.0 Å². The maximum absolute atomic E-state index is 11.2. The van der Waals surface area contributed by atoms with Crippen LogP contribution in [0.5, 0.6) is 0 Å². The monoisotopic (exact) mass is 201 g/mol. The van der Waals surface area contributed by atoms with Gasteiger partial charge in [-0.25, -0.2) is 0 Å². The summed E-state index contributed by atoms with van der Waals surface area (Å²) in [5.41, 5.74) is 0. The lowest BCUT2D eigenvalue weighted by atomic mass is 10.0. The molecule has 0 spiro atoms. The highest BCUT2D eigenvalue weighted by atomic mass is 31.1. The minimum Gasteiger partial charge on any atom is -0.0885 e. The Labute approximate surface area is 83.4 Å². The zero-order chi connectivity index (χ0) is 10.1. The molecule has 0 N–H and O–H groups in total. The van der Waals surface area contributed by atoms with E-state index >= 15 is 0 Å². The molecule has 0 bridgehead atoms. The molecule has 1 nitrogen and oxygen atoms in total. The molecule has 0 aromatic heterocycles. The molecule has 76 valence electrons. The van der Waals surface area contributed by atoms with E-state index < -0.39 is 7.80 Å². The third kappa shape index (κ3) is 6.95. The van der Waals surface area contributed by atoms with Gasteiger partial charge in [0.1, 0.15) is 12.3 Å². The SMILES string of the molecule is CCC=CC(CC)CC[P+](=O)CC. The van der Waals surface area contributed by atoms with Gasteiger partial charge in [-0.3, -0.25) is 0 Å². The van der Waals surface area contributed by atoms with Gasteiger partial charge in [-0.05, 0) is 32.1 Å². The molecule has 2 heteroatoms. The van der Waals surface area contributed by atoms with Gasteiger partial charge in [-0.1, -0.05) is 30.6 Å². The van der Waals surface area contributed by atoms with Crippen molar-refractivity contribution in [2.24, 2.45) is 5.92 Å². The second kappa shape index (κ2) is 8.44. The standard InChI is InChI=1S/C11H22OP/c1-4-7-8-11(5-2)9-10-13(12)6-3/h7-8,11H,4-6,9-10H2,1-3H3/q+1. The fraction of sp³-hybridized carbons (Fsp3) is 0.818. The normalized spacial score (nSPS) is 14.8. The van der Waals surface area contributed by atoms with Gasteiger partial charge in [0.05, 0.1) is 0 Å². The van der Waals surface area contributed by atoms with Crippen LogP contribution >= 0.6 is 7.80 Å². The summed E-state index contributed by atoms with van der Waals surface area (Å²) in [6.45, 7) is 6.35. The van der Waals surface area contributed by atoms with Gasteiger partial charge in [0.15, 0.2) is 0 Å². The molecule has 0 saturated heterocycles. The van der Waals surface area contributed by atoms with Crippen LogP contribution in [0.25, 0.3) is 0 Å². The topological polar surface area (TPSA) is 17.1 Å². The molecule has 0 aromatic rings. The largest absolute Gasteiger partial charge is 0.338 e. The van der Waals surface area contributed by atoms with Crippen LogP contribution in [0.15, 0.2) is 12.2 Å². The minimum absolute atomic E-state index is 0.644. The highest BCUT2D eigenvalue weighted by molar-refractivity contribution is 7.44. The smallest absolute Gasteiger partial charge is 0.0885 e. The Hall–Kier alpha value is -0.160. The molecule has 0 fully saturated rings. The van der Waals surface area contributed by atoms with Crippen LogP contribution in [-0.4, -0.2) is 12.3 Å². The Bertz CT molecular complexity index is 163. The second-order valence-electron chi connectivity index (χ2n) is 3.32. The summed E-state index contributed by atoms with van der Waals surface area (Å²) in [4.78, 5) is 0. The molecule has 0 rings (SSSR count). The molecule has 13 heavy (non-hydrogen) atoms. The summed E-state index contributed by atoms with van der Waals surface area (Å²) >= 11 is 0. The number of rotatable bonds is 7. The van der Waals surface area contributed by atoms with E-state index in [1.165, 1.54) is 6.42 Å². The highest BCUT2D eigenvalue weighted by Crippen LogP contribution is 2.24. The van der Waals surface area contributed by atoms with Gasteiger partial charge in [0.25, 0.3) is 0 Å². The van der Waals surface area contributed by atoms with Crippen LogP contribution in [0, 0.1) is 5.92 Å². The van der Waals surface area contributed by atoms with Crippen molar-refractivity contribution in [3.05, 3.63) is 12.2 Å². The Morgan fingerprint density at radius 2 is 2.00 bits per heavy atom. The van der Waals surface area contributed by atoms with E-state index in [1.54, 1.807) is 0 Å². The predicted octanol–water partition coefficient (Wildman–Crippen LogP) is 4.22. The van der Waals surface area contributed by atoms with Crippen LogP contribution < -0.4 is 0 Å². The van der Waals surface area contributed by atoms with E-state index in [9.17, 15) is 4.57 Å². The molecule has 0 aliphatic carbocycles. The molecule has 0 heterocycles. The maximum Gasteiger partial charge on any atom is 0.338 e. The van der Waals surface area contributed by atoms with E-state index in [4.69, 9.17) is 0 Å². The van der Waals surface area contributed by atoms with E-state index in [-0.39, 0.29) is 0 Å². The molecule has 2 unspecified atom stereocenters. The average molecular weight is 201 g/mol. The van der Waals surface area contributed by atoms with Crippen molar-refractivity contribution in [3.63, 3.8) is 0 Å². The molecule has 0 aliphatic rings. The molecule has 0 aliphatic heterocycles. The van der Waals surface area contributed by atoms with E-state index in [0.29, 0.717) is 5.92 Å². The van der Waals surface area contributed by atoms with Crippen molar-refractivity contribution < 1.29 is 4.57 Å². The molecule has 2 atom stereocenters. The fourth-order valence-electron chi connectivity index (χ4n) is 1.23. The first-order chi connectivity index (χ1) is 6.24. The van der Waals surface area contributed by atoms with Gasteiger partial charge in [-0.2, -0.15) is 0 Å². The van der Waals surface area contributed by atoms with Crippen LogP contribution in [0.3, 0.4) is 0 Å². The molecule has 0 radical (unpaired) electrons. The van der Waals surface area contributed by atoms with Gasteiger partial charge < -0.3 is 0 Å². The zero-order valence-corrected chi connectivity index (χ0v) is 10.0. The van der Waals surface area contributed by atoms with Gasteiger partial charge in [-0.15, -0.1) is 0 Å². The lowest BCUT2D eigenvalue weighted by Gasteiger charge is -2.04. The first-order valence-corrected chi connectivity index (χ1v) is 6.96. The van der Waals surface area contributed by atoms with Gasteiger partial charge in [0.2, 0.25) is 0 Å². The summed E-state index contributed by atoms with van der Waals surface area (Å²) in [6.07, 6.45) is 9.60. The number of hydrogen-bond donors (Lipinski definition) is 0. The highest BCUT2D eigenvalue weighted by Gasteiger charge is 2.13. The van der Waals surface area contributed by atoms with E-state index in [1.807, 2.05) is 6.92 Å². The van der Waals surface area contributed by atoms with Crippen molar-refractivity contribution in [1.29, 1.82) is 0 Å². The van der Waals surface area contributed by atoms with Crippen molar-refractivity contribution in [2.75, 3.05) is 12.3 Å². The van der Waals surface area contributed by atoms with Crippen molar-refractivity contribution >= 4 is 7.80 Å². The zero-order valence-electron chi connectivity index (χ0n) is 9.12. The number of hydrogen-bond acceptors (Lipinski definition) is 1. The van der Waals surface area contributed by atoms with E-state index in [2.05, 4.69) is 26.0 Å². The fourth-order valence-corrected chi connectivity index (χ4v) is 2.17. The van der Waals surface area contributed by atoms with Gasteiger partial charge >= 0.3 is 7.80 Å². The van der Waals surface area contributed by atoms with Crippen molar-refractivity contribution in [3.8, 4) is 0 Å². The molecular weight excluding hydrogens is 179 g/mol. The third-order valence-corrected chi connectivity index (χ3v) is 3.73. The molecule has 0 amide bonds. The van der Waals surface area contributed by atoms with Crippen molar-refractivity contribution in [1.82, 2.24) is 0 Å². The quantitative estimate of drug-likeness (QED) is 0.445. The second-order valence-corrected chi connectivity index (χ2v) is 5.36. The lowest BCUT2D eigenvalue weighted by Crippen LogP contribution is -1.96. The molecular formula is C11H22OP+. The molecule has 0 aromatic carbocycles. The summed E-state index contributed by atoms with van der Waals surface area (Å²) < 4.78 is 11.2. The first kappa shape index (κ1) is 12.8. The maximum atomic E-state index is 11.2. The predicted molar refractivity (Wildman–Crippen MR) is 60.8 cm³/mol. The summed E-state index contributed by atoms with van der Waals surface area (Å²) in [7, 11) is -0.915. The lowest BCUT2D eigenvalue weighted by molar-refractivity contribution is 0.570. The Balaban J connectivity index is 3.71. The Morgan fingerprint density at radius 1 is 1.31 bits per heavy atom. The Kier molecular flexibility index (Phi) is 8.33. The summed E-state index contributed by atoms with van der Waals surface area (Å²) in [5, 5.41) is 0. The van der Waals surface area contributed by atoms with Crippen LogP contribution in [0.4, 0.5) is 0 Å². The van der Waals surface area contributed by atoms with Crippen LogP contribution in [0.2, 0.25) is 0 Å². The average Bonchev–Trinajstić information content (AvgIpc) is 2.17. The van der Waals surface area contributed by atoms with Crippen LogP contribution in [0.1, 0.15) is 40.0 Å². The Morgan fingerprint density at radius 3 is 2.46 bits per heavy atom. The minimum atomic E-state index is -0.915. The summed E-state index contributed by atoms with van der Waals surface area (Å²) in [6, 6.07) is 0. The number of allylic oxidation sites excluding steroid dienone is 2. The van der Waals surface area contributed by atoms with Gasteiger partial charge in [0, 0.05) is 0 Å². The van der Waals surface area contributed by atoms with E-state index in [0.717, 1.165) is 25.2 Å².